The molecule has 37 heavy (non-hydrogen) atoms. The lowest BCUT2D eigenvalue weighted by Gasteiger charge is -2.12. The fraction of sp³-hybridized carbons (Fsp3) is 0.0769. The minimum absolute atomic E-state index is 0.0231. The van der Waals surface area contributed by atoms with Gasteiger partial charge in [0, 0.05) is 11.3 Å². The van der Waals surface area contributed by atoms with Gasteiger partial charge in [-0.2, -0.15) is 0 Å². The molecule has 5 nitrogen and oxygen atoms in total. The van der Waals surface area contributed by atoms with Crippen molar-refractivity contribution in [3.05, 3.63) is 96.8 Å². The molecule has 0 fully saturated rings. The molecule has 1 N–H and O–H groups in total. The molecule has 0 saturated heterocycles. The minimum Gasteiger partial charge on any atom is -0.482 e. The van der Waals surface area contributed by atoms with Gasteiger partial charge in [0.05, 0.1) is 25.3 Å². The van der Waals surface area contributed by atoms with Gasteiger partial charge in [-0.1, -0.05) is 64.1 Å². The van der Waals surface area contributed by atoms with Crippen molar-refractivity contribution < 1.29 is 13.9 Å². The number of carbonyl (C=O) groups excluding carboxylic acids is 1. The van der Waals surface area contributed by atoms with Crippen LogP contribution in [0.3, 0.4) is 0 Å². The van der Waals surface area contributed by atoms with Crippen molar-refractivity contribution in [3.63, 3.8) is 0 Å². The molecule has 0 radical (unpaired) electrons. The number of furan rings is 1. The molecule has 0 bridgehead atoms. The molecule has 0 atom stereocenters. The van der Waals surface area contributed by atoms with Gasteiger partial charge in [0.25, 0.3) is 5.91 Å². The monoisotopic (exact) mass is 610 g/mol. The molecule has 1 amide bonds. The van der Waals surface area contributed by atoms with E-state index in [1.807, 2.05) is 36.4 Å². The summed E-state index contributed by atoms with van der Waals surface area (Å²) in [5.74, 6) is 0.117. The van der Waals surface area contributed by atoms with Crippen LogP contribution in [-0.2, 0) is 6.61 Å². The van der Waals surface area contributed by atoms with Crippen LogP contribution in [0.25, 0.3) is 20.8 Å². The molecule has 5 rings (SSSR count). The number of rotatable bonds is 6. The Labute approximate surface area is 240 Å². The lowest BCUT2D eigenvalue weighted by Crippen LogP contribution is -2.10. The van der Waals surface area contributed by atoms with Crippen LogP contribution in [0.2, 0.25) is 25.1 Å². The van der Waals surface area contributed by atoms with Crippen molar-refractivity contribution in [2.45, 2.75) is 13.5 Å². The number of hydrogen-bond donors (Lipinski definition) is 1. The van der Waals surface area contributed by atoms with E-state index in [1.54, 1.807) is 17.4 Å². The molecule has 5 aromatic rings. The quantitative estimate of drug-likeness (QED) is 0.153. The Balaban J connectivity index is 1.24. The maximum Gasteiger partial charge on any atom is 0.291 e. The molecule has 0 unspecified atom stereocenters. The number of aryl methyl sites for hydroxylation is 1. The number of halogens is 5. The zero-order chi connectivity index (χ0) is 26.3. The second-order valence-corrected chi connectivity index (χ2v) is 10.9. The Hall–Kier alpha value is -2.45. The van der Waals surface area contributed by atoms with Gasteiger partial charge < -0.3 is 14.5 Å². The molecule has 2 aromatic heterocycles. The molecule has 2 heterocycles. The number of ether oxygens (including phenoxy) is 1. The SMILES string of the molecule is Cc1ccc2nc(-c3ccc(NC(=O)c4ccc(COc5c(Cl)c(Cl)c(Cl)c(Cl)c5Cl)o4)cc3)sc2c1. The normalized spacial score (nSPS) is 11.2. The topological polar surface area (TPSA) is 64.4 Å². The zero-order valence-electron chi connectivity index (χ0n) is 18.9. The maximum atomic E-state index is 12.7. The van der Waals surface area contributed by atoms with E-state index < -0.39 is 5.91 Å². The lowest BCUT2D eigenvalue weighted by atomic mass is 10.2. The van der Waals surface area contributed by atoms with E-state index in [1.165, 1.54) is 11.6 Å². The molecule has 0 saturated carbocycles. The Morgan fingerprint density at radius 2 is 1.59 bits per heavy atom. The van der Waals surface area contributed by atoms with Gasteiger partial charge in [-0.3, -0.25) is 4.79 Å². The number of nitrogens with zero attached hydrogens (tertiary/aromatic N) is 1. The van der Waals surface area contributed by atoms with Crippen molar-refractivity contribution in [3.8, 4) is 16.3 Å². The highest BCUT2D eigenvalue weighted by Crippen LogP contribution is 2.48. The zero-order valence-corrected chi connectivity index (χ0v) is 23.5. The first-order chi connectivity index (χ1) is 17.7. The average Bonchev–Trinajstić information content (AvgIpc) is 3.54. The maximum absolute atomic E-state index is 12.7. The molecule has 0 aliphatic heterocycles. The van der Waals surface area contributed by atoms with Crippen LogP contribution in [0.15, 0.2) is 59.0 Å². The highest BCUT2D eigenvalue weighted by Gasteiger charge is 2.21. The molecule has 0 aliphatic carbocycles. The number of thiazole rings is 1. The molecule has 188 valence electrons. The van der Waals surface area contributed by atoms with Gasteiger partial charge in [-0.05, 0) is 61.0 Å². The number of nitrogens with one attached hydrogen (secondary N) is 1. The molecule has 11 heteroatoms. The van der Waals surface area contributed by atoms with Crippen LogP contribution in [0.5, 0.6) is 5.75 Å². The van der Waals surface area contributed by atoms with E-state index in [0.29, 0.717) is 11.4 Å². The molecule has 3 aromatic carbocycles. The third kappa shape index (κ3) is 5.41. The van der Waals surface area contributed by atoms with Gasteiger partial charge >= 0.3 is 0 Å². The number of carbonyl (C=O) groups is 1. The van der Waals surface area contributed by atoms with E-state index in [2.05, 4.69) is 18.3 Å². The highest BCUT2D eigenvalue weighted by atomic mass is 35.5. The summed E-state index contributed by atoms with van der Waals surface area (Å²) >= 11 is 32.1. The third-order valence-corrected chi connectivity index (χ3v) is 8.66. The van der Waals surface area contributed by atoms with Crippen LogP contribution < -0.4 is 10.1 Å². The lowest BCUT2D eigenvalue weighted by molar-refractivity contribution is 0.0992. The summed E-state index contributed by atoms with van der Waals surface area (Å²) in [6.07, 6.45) is 0. The van der Waals surface area contributed by atoms with Crippen LogP contribution in [0, 0.1) is 6.92 Å². The summed E-state index contributed by atoms with van der Waals surface area (Å²) in [5.41, 5.74) is 3.74. The number of anilines is 1. The molecular weight excluding hydrogens is 598 g/mol. The van der Waals surface area contributed by atoms with Gasteiger partial charge in [-0.15, -0.1) is 11.3 Å². The van der Waals surface area contributed by atoms with Crippen molar-refractivity contribution in [2.75, 3.05) is 5.32 Å². The number of hydrogen-bond acceptors (Lipinski definition) is 5. The number of fused-ring (bicyclic) bond motifs is 1. The van der Waals surface area contributed by atoms with Gasteiger partial charge in [0.2, 0.25) is 0 Å². The molecule has 0 aliphatic rings. The highest BCUT2D eigenvalue weighted by molar-refractivity contribution is 7.21. The van der Waals surface area contributed by atoms with E-state index in [-0.39, 0.29) is 43.2 Å². The standard InChI is InChI=1S/C26H15Cl5N2O3S/c1-12-2-8-16-18(10-12)37-26(33-16)13-3-5-14(6-4-13)32-25(34)17-9-7-15(36-17)11-35-24-22(30)20(28)19(27)21(29)23(24)31/h2-10H,11H2,1H3,(H,32,34). The minimum atomic E-state index is -0.414. The first-order valence-corrected chi connectivity index (χ1v) is 13.4. The van der Waals surface area contributed by atoms with Gasteiger partial charge in [0.1, 0.15) is 27.4 Å². The number of aromatic nitrogens is 1. The van der Waals surface area contributed by atoms with Crippen molar-refractivity contribution >= 4 is 91.2 Å². The summed E-state index contributed by atoms with van der Waals surface area (Å²) in [7, 11) is 0. The number of amides is 1. The molecular formula is C26H15Cl5N2O3S. The second-order valence-electron chi connectivity index (χ2n) is 7.98. The smallest absolute Gasteiger partial charge is 0.291 e. The van der Waals surface area contributed by atoms with E-state index in [4.69, 9.17) is 72.1 Å². The number of benzene rings is 3. The molecule has 0 spiro atoms. The Morgan fingerprint density at radius 1 is 0.919 bits per heavy atom. The van der Waals surface area contributed by atoms with Crippen molar-refractivity contribution in [1.82, 2.24) is 4.98 Å². The fourth-order valence-corrected chi connectivity index (χ4v) is 5.78. The van der Waals surface area contributed by atoms with E-state index in [9.17, 15) is 4.79 Å². The van der Waals surface area contributed by atoms with Crippen LogP contribution in [-0.4, -0.2) is 10.9 Å². The summed E-state index contributed by atoms with van der Waals surface area (Å²) in [6.45, 7) is 1.99. The van der Waals surface area contributed by atoms with Crippen molar-refractivity contribution in [2.24, 2.45) is 0 Å². The summed E-state index contributed by atoms with van der Waals surface area (Å²) in [5, 5.41) is 3.86. The third-order valence-electron chi connectivity index (χ3n) is 5.35. The second kappa shape index (κ2) is 10.7. The first-order valence-electron chi connectivity index (χ1n) is 10.7. The van der Waals surface area contributed by atoms with Crippen LogP contribution >= 0.6 is 69.3 Å². The van der Waals surface area contributed by atoms with E-state index in [0.717, 1.165) is 20.8 Å². The van der Waals surface area contributed by atoms with E-state index >= 15 is 0 Å². The fourth-order valence-electron chi connectivity index (χ4n) is 3.48. The predicted molar refractivity (Wildman–Crippen MR) is 152 cm³/mol. The Bertz CT molecular complexity index is 1620. The van der Waals surface area contributed by atoms with Crippen LogP contribution in [0.4, 0.5) is 5.69 Å². The largest absolute Gasteiger partial charge is 0.482 e. The predicted octanol–water partition coefficient (Wildman–Crippen LogP) is 9.96. The van der Waals surface area contributed by atoms with Gasteiger partial charge in [0.15, 0.2) is 11.5 Å². The first kappa shape index (κ1) is 26.2. The summed E-state index contributed by atoms with van der Waals surface area (Å²) < 4.78 is 12.4. The summed E-state index contributed by atoms with van der Waals surface area (Å²) in [4.78, 5) is 17.4. The average molecular weight is 613 g/mol. The van der Waals surface area contributed by atoms with Crippen LogP contribution in [0.1, 0.15) is 21.9 Å². The Morgan fingerprint density at radius 3 is 2.30 bits per heavy atom. The Kier molecular flexibility index (Phi) is 7.59. The van der Waals surface area contributed by atoms with Crippen molar-refractivity contribution in [1.29, 1.82) is 0 Å². The van der Waals surface area contributed by atoms with Gasteiger partial charge in [-0.25, -0.2) is 4.98 Å². The summed E-state index contributed by atoms with van der Waals surface area (Å²) in [6, 6.07) is 16.8.